The van der Waals surface area contributed by atoms with Crippen LogP contribution in [-0.2, 0) is 17.0 Å². The molecular weight excluding hydrogens is 155 g/mol. The molecule has 6 heavy (non-hydrogen) atoms. The minimum atomic E-state index is -0.556. The fraction of sp³-hybridized carbons (Fsp3) is 0.333. The van der Waals surface area contributed by atoms with Crippen LogP contribution in [0.15, 0.2) is 0 Å². The van der Waals surface area contributed by atoms with Gasteiger partial charge in [0, 0.05) is 0 Å². The van der Waals surface area contributed by atoms with Gasteiger partial charge in [-0.1, -0.05) is 0 Å². The van der Waals surface area contributed by atoms with Crippen LogP contribution in [-0.4, -0.2) is 0 Å². The zero-order chi connectivity index (χ0) is 4.71. The molecule has 0 rings (SSSR count). The summed E-state index contributed by atoms with van der Waals surface area (Å²) in [5.74, 6) is 0. The Labute approximate surface area is 56.9 Å². The summed E-state index contributed by atoms with van der Waals surface area (Å²) in [4.78, 5) is 0. The Morgan fingerprint density at radius 3 is 1.33 bits per heavy atom. The van der Waals surface area contributed by atoms with Gasteiger partial charge in [-0.2, -0.15) is 6.92 Å². The van der Waals surface area contributed by atoms with E-state index in [1.54, 1.807) is 6.92 Å². The molecule has 0 heterocycles. The Morgan fingerprint density at radius 1 is 1.33 bits per heavy atom. The van der Waals surface area contributed by atoms with E-state index in [2.05, 4.69) is 6.92 Å². The molecule has 0 radical (unpaired) electrons. The van der Waals surface area contributed by atoms with E-state index in [0.29, 0.717) is 0 Å². The van der Waals surface area contributed by atoms with Gasteiger partial charge in [0.15, 0.2) is 0 Å². The quantitative estimate of drug-likeness (QED) is 0.380. The van der Waals surface area contributed by atoms with Crippen LogP contribution < -0.4 is 0 Å². The van der Waals surface area contributed by atoms with Crippen molar-refractivity contribution in [3.63, 3.8) is 0 Å². The molecule has 0 aliphatic heterocycles. The van der Waals surface area contributed by atoms with Crippen LogP contribution >= 0.6 is 18.6 Å². The van der Waals surface area contributed by atoms with E-state index in [1.807, 2.05) is 0 Å². The second-order valence-electron chi connectivity index (χ2n) is 0.0714. The summed E-state index contributed by atoms with van der Waals surface area (Å²) < 4.78 is 0. The molecule has 0 saturated heterocycles. The molecule has 0 spiro atoms. The van der Waals surface area contributed by atoms with Crippen molar-refractivity contribution < 1.29 is 17.0 Å². The van der Waals surface area contributed by atoms with E-state index in [4.69, 9.17) is 18.6 Å². The SMILES string of the molecule is [CH2-]C.[CH3-].[Cl][Ti][Cl]. The van der Waals surface area contributed by atoms with Gasteiger partial charge in [-0.3, -0.25) is 0 Å². The van der Waals surface area contributed by atoms with E-state index >= 15 is 0 Å². The maximum absolute atomic E-state index is 4.89. The molecule has 0 N–H and O–H groups in total. The van der Waals surface area contributed by atoms with Crippen LogP contribution in [0.5, 0.6) is 0 Å². The monoisotopic (exact) mass is 162 g/mol. The summed E-state index contributed by atoms with van der Waals surface area (Å²) in [5.41, 5.74) is 0. The Morgan fingerprint density at radius 2 is 1.33 bits per heavy atom. The first-order valence-corrected chi connectivity index (χ1v) is 5.38. The van der Waals surface area contributed by atoms with E-state index in [0.717, 1.165) is 0 Å². The van der Waals surface area contributed by atoms with Crippen LogP contribution in [0, 0.1) is 14.4 Å². The molecule has 40 valence electrons. The molecule has 0 atom stereocenters. The van der Waals surface area contributed by atoms with Gasteiger partial charge < -0.3 is 14.4 Å². The van der Waals surface area contributed by atoms with Crippen molar-refractivity contribution in [1.29, 1.82) is 0 Å². The molecule has 0 unspecified atom stereocenters. The number of hydrogen-bond acceptors (Lipinski definition) is 0. The van der Waals surface area contributed by atoms with Gasteiger partial charge >= 0.3 is 35.6 Å². The van der Waals surface area contributed by atoms with Crippen LogP contribution in [0.3, 0.4) is 0 Å². The normalized spacial score (nSPS) is 3.33. The Kier molecular flexibility index (Phi) is 87.5. The first-order valence-electron chi connectivity index (χ1n) is 1.09. The Hall–Kier alpha value is 1.29. The summed E-state index contributed by atoms with van der Waals surface area (Å²) in [5, 5.41) is 0. The maximum atomic E-state index is 4.89. The summed E-state index contributed by atoms with van der Waals surface area (Å²) in [6, 6.07) is 0. The van der Waals surface area contributed by atoms with Crippen molar-refractivity contribution in [3.8, 4) is 0 Å². The average molecular weight is 163 g/mol. The van der Waals surface area contributed by atoms with Gasteiger partial charge in [0.2, 0.25) is 0 Å². The molecule has 0 amide bonds. The van der Waals surface area contributed by atoms with Crippen molar-refractivity contribution in [2.24, 2.45) is 0 Å². The molecule has 0 aliphatic carbocycles. The van der Waals surface area contributed by atoms with E-state index in [-0.39, 0.29) is 7.43 Å². The number of halogens is 2. The second-order valence-corrected chi connectivity index (χ2v) is 2.65. The molecule has 0 aliphatic rings. The van der Waals surface area contributed by atoms with Crippen molar-refractivity contribution in [2.45, 2.75) is 6.92 Å². The Bertz CT molecular complexity index is 8.75. The van der Waals surface area contributed by atoms with E-state index in [9.17, 15) is 0 Å². The predicted octanol–water partition coefficient (Wildman–Crippen LogP) is 2.67. The van der Waals surface area contributed by atoms with Gasteiger partial charge in [0.1, 0.15) is 0 Å². The number of rotatable bonds is 0. The molecular formula is C3H8Cl2Ti-2. The standard InChI is InChI=1S/C2H5.CH3.2ClH.Ti/c1-2;;;;/h1H2,2H3;1H3;2*1H;/q2*-1;;;+2/p-2. The second kappa shape index (κ2) is 33.5. The fourth-order valence-corrected chi connectivity index (χ4v) is 0. The van der Waals surface area contributed by atoms with Crippen molar-refractivity contribution in [1.82, 2.24) is 0 Å². The third kappa shape index (κ3) is 58.3. The zero-order valence-corrected chi connectivity index (χ0v) is 7.04. The molecule has 3 heteroatoms. The summed E-state index contributed by atoms with van der Waals surface area (Å²) >= 11 is -0.556. The number of hydrogen-bond donors (Lipinski definition) is 0. The summed E-state index contributed by atoms with van der Waals surface area (Å²) in [6.45, 7) is 5.00. The van der Waals surface area contributed by atoms with Gasteiger partial charge in [0.05, 0.1) is 0 Å². The van der Waals surface area contributed by atoms with Crippen LogP contribution in [0.4, 0.5) is 0 Å². The Balaban J connectivity index is -0.0000000275. The van der Waals surface area contributed by atoms with Gasteiger partial charge in [-0.25, -0.2) is 0 Å². The molecule has 0 aromatic heterocycles. The van der Waals surface area contributed by atoms with Crippen LogP contribution in [0.2, 0.25) is 0 Å². The van der Waals surface area contributed by atoms with Crippen molar-refractivity contribution in [3.05, 3.63) is 14.4 Å². The van der Waals surface area contributed by atoms with Gasteiger partial charge in [0.25, 0.3) is 0 Å². The zero-order valence-electron chi connectivity index (χ0n) is 3.96. The van der Waals surface area contributed by atoms with E-state index in [1.165, 1.54) is 0 Å². The van der Waals surface area contributed by atoms with Gasteiger partial charge in [-0.15, -0.1) is 0 Å². The topological polar surface area (TPSA) is 0 Å². The van der Waals surface area contributed by atoms with E-state index < -0.39 is 17.0 Å². The molecule has 0 bridgehead atoms. The molecule has 0 aromatic rings. The predicted molar refractivity (Wildman–Crippen MR) is 29.2 cm³/mol. The fourth-order valence-electron chi connectivity index (χ4n) is 0. The molecule has 0 saturated carbocycles. The minimum absolute atomic E-state index is 0. The molecule has 0 aromatic carbocycles. The van der Waals surface area contributed by atoms with Crippen LogP contribution in [0.1, 0.15) is 6.92 Å². The first kappa shape index (κ1) is 15.7. The summed E-state index contributed by atoms with van der Waals surface area (Å²) in [7, 11) is 9.78. The summed E-state index contributed by atoms with van der Waals surface area (Å²) in [6.07, 6.45) is 0. The third-order valence-electron chi connectivity index (χ3n) is 0. The van der Waals surface area contributed by atoms with Crippen molar-refractivity contribution in [2.75, 3.05) is 0 Å². The molecule has 0 nitrogen and oxygen atoms in total. The third-order valence-corrected chi connectivity index (χ3v) is 0. The van der Waals surface area contributed by atoms with Crippen molar-refractivity contribution >= 4 is 18.6 Å². The van der Waals surface area contributed by atoms with Gasteiger partial charge in [-0.05, 0) is 0 Å². The molecule has 0 fully saturated rings. The average Bonchev–Trinajstić information content (AvgIpc) is 1.46. The van der Waals surface area contributed by atoms with Crippen LogP contribution in [0.25, 0.3) is 0 Å². The first-order chi connectivity index (χ1) is 2.41.